The van der Waals surface area contributed by atoms with Gasteiger partial charge >= 0.3 is 0 Å². The van der Waals surface area contributed by atoms with E-state index in [2.05, 4.69) is 5.32 Å². The molecule has 7 heteroatoms. The second-order valence-electron chi connectivity index (χ2n) is 5.08. The van der Waals surface area contributed by atoms with E-state index in [1.807, 2.05) is 12.1 Å². The molecule has 0 spiro atoms. The molecule has 1 N–H and O–H groups in total. The van der Waals surface area contributed by atoms with Crippen molar-refractivity contribution in [3.05, 3.63) is 73.7 Å². The molecule has 0 atom stereocenters. The van der Waals surface area contributed by atoms with Gasteiger partial charge in [0.1, 0.15) is 0 Å². The number of carbonyl (C=O) groups excluding carboxylic acids is 1. The summed E-state index contributed by atoms with van der Waals surface area (Å²) in [5, 5.41) is 5.17. The molecule has 0 radical (unpaired) electrons. The van der Waals surface area contributed by atoms with Gasteiger partial charge < -0.3 is 5.32 Å². The van der Waals surface area contributed by atoms with Crippen LogP contribution in [0.5, 0.6) is 0 Å². The summed E-state index contributed by atoms with van der Waals surface area (Å²) in [6, 6.07) is 10.6. The Labute approximate surface area is 171 Å². The summed E-state index contributed by atoms with van der Waals surface area (Å²) in [6.45, 7) is 0.563. The zero-order valence-electron chi connectivity index (χ0n) is 13.1. The molecule has 0 unspecified atom stereocenters. The highest BCUT2D eigenvalue weighted by molar-refractivity contribution is 7.98. The van der Waals surface area contributed by atoms with Crippen molar-refractivity contribution in [1.82, 2.24) is 5.32 Å². The van der Waals surface area contributed by atoms with Crippen LogP contribution in [0.2, 0.25) is 20.1 Å². The minimum absolute atomic E-state index is 0.170. The van der Waals surface area contributed by atoms with Crippen LogP contribution in [-0.4, -0.2) is 18.2 Å². The number of thioether (sulfide) groups is 1. The van der Waals surface area contributed by atoms with E-state index in [4.69, 9.17) is 46.4 Å². The van der Waals surface area contributed by atoms with Crippen LogP contribution < -0.4 is 5.32 Å². The number of benzene rings is 2. The average molecular weight is 435 g/mol. The average Bonchev–Trinajstić information content (AvgIpc) is 2.55. The van der Waals surface area contributed by atoms with E-state index in [0.717, 1.165) is 22.6 Å². The summed E-state index contributed by atoms with van der Waals surface area (Å²) in [6.07, 6.45) is 3.12. The molecule has 2 aromatic carbocycles. The van der Waals surface area contributed by atoms with Gasteiger partial charge in [-0.05, 0) is 41.5 Å². The first-order chi connectivity index (χ1) is 12.0. The Hall–Kier alpha value is -0.840. The Kier molecular flexibility index (Phi) is 8.47. The Balaban J connectivity index is 1.70. The van der Waals surface area contributed by atoms with Gasteiger partial charge in [0.25, 0.3) is 0 Å². The largest absolute Gasteiger partial charge is 0.352 e. The molecule has 132 valence electrons. The van der Waals surface area contributed by atoms with Crippen LogP contribution in [0.1, 0.15) is 11.1 Å². The number of hydrogen-bond donors (Lipinski definition) is 1. The maximum Gasteiger partial charge on any atom is 0.244 e. The fraction of sp³-hybridized carbons (Fsp3) is 0.167. The molecule has 0 saturated heterocycles. The lowest BCUT2D eigenvalue weighted by molar-refractivity contribution is -0.116. The smallest absolute Gasteiger partial charge is 0.244 e. The van der Waals surface area contributed by atoms with Gasteiger partial charge in [-0.15, -0.1) is 0 Å². The van der Waals surface area contributed by atoms with Crippen molar-refractivity contribution in [3.63, 3.8) is 0 Å². The van der Waals surface area contributed by atoms with Crippen molar-refractivity contribution < 1.29 is 4.79 Å². The molecule has 0 bridgehead atoms. The third-order valence-corrected chi connectivity index (χ3v) is 5.35. The van der Waals surface area contributed by atoms with Crippen molar-refractivity contribution in [2.45, 2.75) is 5.75 Å². The summed E-state index contributed by atoms with van der Waals surface area (Å²) < 4.78 is 0. The Morgan fingerprint density at radius 1 is 1.00 bits per heavy atom. The highest BCUT2D eigenvalue weighted by Crippen LogP contribution is 2.24. The van der Waals surface area contributed by atoms with Crippen molar-refractivity contribution in [2.75, 3.05) is 12.3 Å². The Morgan fingerprint density at radius 3 is 2.36 bits per heavy atom. The first-order valence-electron chi connectivity index (χ1n) is 7.38. The zero-order chi connectivity index (χ0) is 18.2. The lowest BCUT2D eigenvalue weighted by atomic mass is 10.2. The highest BCUT2D eigenvalue weighted by atomic mass is 35.5. The van der Waals surface area contributed by atoms with Gasteiger partial charge in [0.05, 0.1) is 0 Å². The molecule has 0 saturated carbocycles. The molecule has 0 aliphatic heterocycles. The molecule has 2 aromatic rings. The van der Waals surface area contributed by atoms with Gasteiger partial charge in [-0.3, -0.25) is 4.79 Å². The molecule has 0 aromatic heterocycles. The van der Waals surface area contributed by atoms with Crippen molar-refractivity contribution in [1.29, 1.82) is 0 Å². The van der Waals surface area contributed by atoms with Gasteiger partial charge in [0.2, 0.25) is 5.91 Å². The fourth-order valence-corrected chi connectivity index (χ4v) is 3.82. The number of nitrogens with one attached hydrogen (secondary N) is 1. The predicted molar refractivity (Wildman–Crippen MR) is 111 cm³/mol. The molecule has 0 heterocycles. The van der Waals surface area contributed by atoms with Crippen LogP contribution >= 0.6 is 58.2 Å². The minimum Gasteiger partial charge on any atom is -0.352 e. The third kappa shape index (κ3) is 7.12. The molecule has 0 aliphatic carbocycles. The monoisotopic (exact) mass is 433 g/mol. The third-order valence-electron chi connectivity index (χ3n) is 3.20. The van der Waals surface area contributed by atoms with E-state index >= 15 is 0 Å². The van der Waals surface area contributed by atoms with Gasteiger partial charge in [-0.25, -0.2) is 0 Å². The Morgan fingerprint density at radius 2 is 1.68 bits per heavy atom. The first kappa shape index (κ1) is 20.5. The van der Waals surface area contributed by atoms with Gasteiger partial charge in [0.15, 0.2) is 0 Å². The van der Waals surface area contributed by atoms with Gasteiger partial charge in [-0.1, -0.05) is 58.5 Å². The van der Waals surface area contributed by atoms with Crippen molar-refractivity contribution in [3.8, 4) is 0 Å². The maximum atomic E-state index is 11.8. The molecule has 0 aliphatic rings. The molecule has 0 fully saturated rings. The van der Waals surface area contributed by atoms with Crippen molar-refractivity contribution >= 4 is 70.1 Å². The summed E-state index contributed by atoms with van der Waals surface area (Å²) in [5.74, 6) is 1.37. The lowest BCUT2D eigenvalue weighted by Crippen LogP contribution is -2.23. The fourth-order valence-electron chi connectivity index (χ4n) is 1.93. The SMILES string of the molecule is O=C(/C=C/c1ccc(Cl)cc1Cl)NCCSCc1ccc(Cl)cc1Cl. The summed E-state index contributed by atoms with van der Waals surface area (Å²) in [7, 11) is 0. The molecular weight excluding hydrogens is 420 g/mol. The van der Waals surface area contributed by atoms with E-state index in [9.17, 15) is 4.79 Å². The summed E-state index contributed by atoms with van der Waals surface area (Å²) >= 11 is 25.6. The quantitative estimate of drug-likeness (QED) is 0.405. The standard InChI is InChI=1S/C18H15Cl4NOS/c19-14-4-1-12(16(21)9-14)3-6-18(24)23-7-8-25-11-13-2-5-15(20)10-17(13)22/h1-6,9-10H,7-8,11H2,(H,23,24)/b6-3+. The van der Waals surface area contributed by atoms with E-state index in [0.29, 0.717) is 26.6 Å². The minimum atomic E-state index is -0.170. The molecule has 2 nitrogen and oxygen atoms in total. The molecule has 2 rings (SSSR count). The second kappa shape index (κ2) is 10.3. The van der Waals surface area contributed by atoms with Crippen LogP contribution in [0.3, 0.4) is 0 Å². The van der Waals surface area contributed by atoms with E-state index in [1.165, 1.54) is 6.08 Å². The molecular formula is C18H15Cl4NOS. The predicted octanol–water partition coefficient (Wildman–Crippen LogP) is 6.36. The van der Waals surface area contributed by atoms with E-state index < -0.39 is 0 Å². The summed E-state index contributed by atoms with van der Waals surface area (Å²) in [4.78, 5) is 11.8. The molecule has 1 amide bonds. The number of hydrogen-bond acceptors (Lipinski definition) is 2. The van der Waals surface area contributed by atoms with Crippen molar-refractivity contribution in [2.24, 2.45) is 0 Å². The van der Waals surface area contributed by atoms with Crippen LogP contribution in [-0.2, 0) is 10.5 Å². The van der Waals surface area contributed by atoms with E-state index in [-0.39, 0.29) is 5.91 Å². The Bertz CT molecular complexity index is 780. The van der Waals surface area contributed by atoms with Gasteiger partial charge in [-0.2, -0.15) is 11.8 Å². The zero-order valence-corrected chi connectivity index (χ0v) is 16.9. The van der Waals surface area contributed by atoms with E-state index in [1.54, 1.807) is 42.1 Å². The van der Waals surface area contributed by atoms with Crippen LogP contribution in [0.4, 0.5) is 0 Å². The number of amides is 1. The number of rotatable bonds is 7. The summed E-state index contributed by atoms with van der Waals surface area (Å²) in [5.41, 5.74) is 1.77. The second-order valence-corrected chi connectivity index (χ2v) is 7.87. The number of halogens is 4. The topological polar surface area (TPSA) is 29.1 Å². The van der Waals surface area contributed by atoms with Crippen LogP contribution in [0.25, 0.3) is 6.08 Å². The van der Waals surface area contributed by atoms with Crippen LogP contribution in [0.15, 0.2) is 42.5 Å². The first-order valence-corrected chi connectivity index (χ1v) is 10.0. The molecule has 25 heavy (non-hydrogen) atoms. The highest BCUT2D eigenvalue weighted by Gasteiger charge is 2.02. The maximum absolute atomic E-state index is 11.8. The lowest BCUT2D eigenvalue weighted by Gasteiger charge is -2.05. The van der Waals surface area contributed by atoms with Gasteiger partial charge in [0, 0.05) is 44.2 Å². The number of carbonyl (C=O) groups is 1. The van der Waals surface area contributed by atoms with Crippen LogP contribution in [0, 0.1) is 0 Å². The normalized spacial score (nSPS) is 11.0.